The zero-order valence-corrected chi connectivity index (χ0v) is 17.6. The van der Waals surface area contributed by atoms with Gasteiger partial charge in [-0.2, -0.15) is 0 Å². The van der Waals surface area contributed by atoms with Gasteiger partial charge in [-0.25, -0.2) is 10.0 Å². The minimum absolute atomic E-state index is 0.235. The van der Waals surface area contributed by atoms with Gasteiger partial charge < -0.3 is 4.74 Å². The topological polar surface area (TPSA) is 83.4 Å². The molecule has 0 saturated carbocycles. The van der Waals surface area contributed by atoms with Crippen molar-refractivity contribution in [2.45, 2.75) is 25.9 Å². The molecule has 154 valence electrons. The van der Waals surface area contributed by atoms with E-state index in [0.29, 0.717) is 32.8 Å². The number of rotatable bonds is 6. The van der Waals surface area contributed by atoms with Gasteiger partial charge in [0.15, 0.2) is 5.17 Å². The molecule has 0 fully saturated rings. The number of hydrazone groups is 1. The Kier molecular flexibility index (Phi) is 5.85. The molecule has 7 nitrogen and oxygen atoms in total. The summed E-state index contributed by atoms with van der Waals surface area (Å²) < 4.78 is 5.17. The summed E-state index contributed by atoms with van der Waals surface area (Å²) in [5, 5.41) is 10.7. The predicted molar refractivity (Wildman–Crippen MR) is 117 cm³/mol. The number of hydrogen-bond acceptors (Lipinski definition) is 7. The van der Waals surface area contributed by atoms with E-state index in [1.807, 2.05) is 18.2 Å². The van der Waals surface area contributed by atoms with Crippen LogP contribution in [0.5, 0.6) is 5.75 Å². The second kappa shape index (κ2) is 8.71. The van der Waals surface area contributed by atoms with Crippen LogP contribution in [0.2, 0.25) is 0 Å². The van der Waals surface area contributed by atoms with Crippen molar-refractivity contribution < 1.29 is 14.3 Å². The molecular weight excluding hydrogens is 400 g/mol. The number of amidine groups is 1. The number of para-hydroxylation sites is 1. The van der Waals surface area contributed by atoms with Gasteiger partial charge >= 0.3 is 0 Å². The molecule has 0 aliphatic carbocycles. The summed E-state index contributed by atoms with van der Waals surface area (Å²) in [6, 6.07) is 14.1. The summed E-state index contributed by atoms with van der Waals surface area (Å²) in [6.07, 6.45) is 1.12. The lowest BCUT2D eigenvalue weighted by molar-refractivity contribution is -0.115. The number of methoxy groups -OCH3 is 1. The van der Waals surface area contributed by atoms with Crippen LogP contribution < -0.4 is 20.6 Å². The number of fused-ring (bicyclic) bond motifs is 2. The fourth-order valence-corrected chi connectivity index (χ4v) is 4.22. The van der Waals surface area contributed by atoms with Crippen LogP contribution >= 0.6 is 11.8 Å². The summed E-state index contributed by atoms with van der Waals surface area (Å²) in [6.45, 7) is 2.11. The van der Waals surface area contributed by atoms with Crippen LogP contribution in [0.4, 0.5) is 0 Å². The predicted octanol–water partition coefficient (Wildman–Crippen LogP) is 1.88. The van der Waals surface area contributed by atoms with E-state index in [2.05, 4.69) is 22.3 Å². The number of thioether (sulfide) groups is 1. The second-order valence-corrected chi connectivity index (χ2v) is 7.95. The fraction of sp³-hybridized carbons (Fsp3) is 0.273. The highest BCUT2D eigenvalue weighted by atomic mass is 32.2. The van der Waals surface area contributed by atoms with Gasteiger partial charge in [0.2, 0.25) is 11.9 Å². The van der Waals surface area contributed by atoms with Gasteiger partial charge in [-0.1, -0.05) is 43.3 Å². The molecule has 0 spiro atoms. The number of nitrogens with one attached hydrogen (secondary N) is 1. The van der Waals surface area contributed by atoms with Crippen molar-refractivity contribution in [2.24, 2.45) is 10.1 Å². The van der Waals surface area contributed by atoms with Crippen molar-refractivity contribution in [1.82, 2.24) is 10.3 Å². The normalized spacial score (nSPS) is 17.3. The molecule has 2 heterocycles. The average Bonchev–Trinajstić information content (AvgIpc) is 2.78. The molecule has 0 unspecified atom stereocenters. The molecule has 0 aromatic heterocycles. The molecule has 0 saturated heterocycles. The van der Waals surface area contributed by atoms with Crippen LogP contribution in [0.15, 0.2) is 58.6 Å². The number of Topliss-reactive ketones (excluding diaryl/α,β-unsaturated/α-hetero) is 1. The molecule has 0 radical (unpaired) electrons. The van der Waals surface area contributed by atoms with Crippen molar-refractivity contribution in [3.05, 3.63) is 64.7 Å². The Morgan fingerprint density at radius 2 is 1.97 bits per heavy atom. The van der Waals surface area contributed by atoms with Gasteiger partial charge in [0.1, 0.15) is 11.4 Å². The third-order valence-corrected chi connectivity index (χ3v) is 5.81. The van der Waals surface area contributed by atoms with Crippen molar-refractivity contribution in [3.8, 4) is 5.75 Å². The van der Waals surface area contributed by atoms with E-state index in [9.17, 15) is 9.59 Å². The molecule has 30 heavy (non-hydrogen) atoms. The van der Waals surface area contributed by atoms with Gasteiger partial charge in [-0.15, -0.1) is 5.10 Å². The number of nitrogens with zero attached hydrogens (tertiary/aromatic N) is 3. The molecule has 2 aliphatic rings. The highest BCUT2D eigenvalue weighted by molar-refractivity contribution is 8.13. The Balaban J connectivity index is 1.77. The standard InChI is InChI=1S/C22H22N4O3S/c1-3-4-13-30-22-24-21(28)18-16-7-5-6-8-17(16)23-20(26(18)25-22)19(27)14-9-11-15(29-2)12-10-14/h5-12,20H,3-4,13H2,1-2H3,(H,24,25,28)/t20-/m0/s1. The monoisotopic (exact) mass is 422 g/mol. The number of carbonyl (C=O) groups is 2. The van der Waals surface area contributed by atoms with E-state index >= 15 is 0 Å². The highest BCUT2D eigenvalue weighted by Gasteiger charge is 2.37. The van der Waals surface area contributed by atoms with Crippen LogP contribution in [-0.2, 0) is 4.79 Å². The molecular formula is C22H22N4O3S. The van der Waals surface area contributed by atoms with Crippen LogP contribution in [-0.4, -0.2) is 40.9 Å². The lowest BCUT2D eigenvalue weighted by Crippen LogP contribution is -2.54. The summed E-state index contributed by atoms with van der Waals surface area (Å²) in [4.78, 5) is 31.0. The Labute approximate surface area is 178 Å². The van der Waals surface area contributed by atoms with E-state index in [1.165, 1.54) is 16.8 Å². The molecule has 0 bridgehead atoms. The van der Waals surface area contributed by atoms with Crippen LogP contribution in [0, 0.1) is 0 Å². The molecule has 4 rings (SSSR count). The summed E-state index contributed by atoms with van der Waals surface area (Å²) in [5.74, 6) is 0.985. The first kappa shape index (κ1) is 20.2. The zero-order valence-electron chi connectivity index (χ0n) is 16.8. The van der Waals surface area contributed by atoms with Crippen LogP contribution in [0.25, 0.3) is 5.70 Å². The van der Waals surface area contributed by atoms with E-state index in [0.717, 1.165) is 18.6 Å². The smallest absolute Gasteiger partial charge is 0.276 e. The van der Waals surface area contributed by atoms with Crippen molar-refractivity contribution in [1.29, 1.82) is 0 Å². The maximum absolute atomic E-state index is 13.3. The minimum Gasteiger partial charge on any atom is -0.497 e. The van der Waals surface area contributed by atoms with Gasteiger partial charge in [-0.05, 0) is 36.8 Å². The Bertz CT molecular complexity index is 1130. The molecule has 1 atom stereocenters. The Hall–Kier alpha value is -3.13. The Morgan fingerprint density at radius 1 is 1.20 bits per heavy atom. The lowest BCUT2D eigenvalue weighted by Gasteiger charge is -2.33. The first-order chi connectivity index (χ1) is 14.6. The van der Waals surface area contributed by atoms with E-state index in [1.54, 1.807) is 37.4 Å². The van der Waals surface area contributed by atoms with E-state index < -0.39 is 6.17 Å². The van der Waals surface area contributed by atoms with Crippen molar-refractivity contribution in [2.75, 3.05) is 12.9 Å². The number of hydrogen-bond donors (Lipinski definition) is 1. The zero-order chi connectivity index (χ0) is 21.1. The Morgan fingerprint density at radius 3 is 2.70 bits per heavy atom. The molecule has 2 aromatic rings. The maximum atomic E-state index is 13.3. The number of ketones is 1. The first-order valence-electron chi connectivity index (χ1n) is 9.80. The average molecular weight is 423 g/mol. The molecule has 1 N–H and O–H groups in total. The van der Waals surface area contributed by atoms with Crippen LogP contribution in [0.1, 0.15) is 30.1 Å². The van der Waals surface area contributed by atoms with E-state index in [4.69, 9.17) is 4.74 Å². The summed E-state index contributed by atoms with van der Waals surface area (Å²) in [5.41, 5.74) is 0.817. The third kappa shape index (κ3) is 3.82. The number of ether oxygens (including phenoxy) is 1. The highest BCUT2D eigenvalue weighted by Crippen LogP contribution is 2.24. The summed E-state index contributed by atoms with van der Waals surface area (Å²) in [7, 11) is 1.57. The fourth-order valence-electron chi connectivity index (χ4n) is 3.28. The first-order valence-corrected chi connectivity index (χ1v) is 10.8. The molecule has 1 amide bonds. The number of unbranched alkanes of at least 4 members (excludes halogenated alkanes) is 1. The second-order valence-electron chi connectivity index (χ2n) is 6.87. The quantitative estimate of drug-likeness (QED) is 0.568. The molecule has 2 aromatic carbocycles. The van der Waals surface area contributed by atoms with Gasteiger partial charge in [0.25, 0.3) is 5.91 Å². The van der Waals surface area contributed by atoms with Gasteiger partial charge in [0.05, 0.1) is 12.5 Å². The molecule has 8 heteroatoms. The summed E-state index contributed by atoms with van der Waals surface area (Å²) >= 11 is 1.47. The molecule has 2 aliphatic heterocycles. The van der Waals surface area contributed by atoms with Gasteiger partial charge in [-0.3, -0.25) is 14.9 Å². The maximum Gasteiger partial charge on any atom is 0.276 e. The number of benzene rings is 2. The van der Waals surface area contributed by atoms with Crippen molar-refractivity contribution >= 4 is 34.3 Å². The van der Waals surface area contributed by atoms with Crippen LogP contribution in [0.3, 0.4) is 0 Å². The number of carbonyl (C=O) groups excluding carboxylic acids is 2. The minimum atomic E-state index is -0.948. The lowest BCUT2D eigenvalue weighted by atomic mass is 10.1. The van der Waals surface area contributed by atoms with E-state index in [-0.39, 0.29) is 11.7 Å². The SMILES string of the molecule is CCCCSC1=NN2C(=c3ccccc3=N[C@@H]2C(=O)c2ccc(OC)cc2)C(=O)N1. The number of amides is 1. The van der Waals surface area contributed by atoms with Crippen molar-refractivity contribution in [3.63, 3.8) is 0 Å². The largest absolute Gasteiger partial charge is 0.497 e. The van der Waals surface area contributed by atoms with Gasteiger partial charge in [0, 0.05) is 16.5 Å². The third-order valence-electron chi connectivity index (χ3n) is 4.86.